The molecule has 0 aliphatic carbocycles. The Hall–Kier alpha value is -2.05. The zero-order valence-corrected chi connectivity index (χ0v) is 19.5. The average Bonchev–Trinajstić information content (AvgIpc) is 3.04. The van der Waals surface area contributed by atoms with E-state index in [0.717, 1.165) is 16.7 Å². The largest absolute Gasteiger partial charge is 0.395 e. The summed E-state index contributed by atoms with van der Waals surface area (Å²) in [6.07, 6.45) is 0.766. The molecule has 0 N–H and O–H groups in total. The highest BCUT2D eigenvalue weighted by Crippen LogP contribution is 2.39. The summed E-state index contributed by atoms with van der Waals surface area (Å²) < 4.78 is 19.0. The predicted octanol–water partition coefficient (Wildman–Crippen LogP) is 3.84. The van der Waals surface area contributed by atoms with Gasteiger partial charge in [-0.15, -0.1) is 6.58 Å². The first-order chi connectivity index (χ1) is 14.1. The molecular weight excluding hydrogens is 392 g/mol. The zero-order valence-electron chi connectivity index (χ0n) is 18.5. The molecule has 4 nitrogen and oxygen atoms in total. The molecule has 0 bridgehead atoms. The summed E-state index contributed by atoms with van der Waals surface area (Å²) in [6.45, 7) is 14.1. The number of ether oxygens (including phenoxy) is 2. The number of aldehydes is 1. The van der Waals surface area contributed by atoms with Crippen molar-refractivity contribution in [1.82, 2.24) is 0 Å². The normalized spacial score (nSPS) is 22.4. The topological polar surface area (TPSA) is 44.8 Å². The van der Waals surface area contributed by atoms with E-state index in [4.69, 9.17) is 13.9 Å². The van der Waals surface area contributed by atoms with Crippen LogP contribution in [-0.2, 0) is 18.7 Å². The van der Waals surface area contributed by atoms with Gasteiger partial charge >= 0.3 is 0 Å². The zero-order chi connectivity index (χ0) is 22.0. The van der Waals surface area contributed by atoms with Crippen molar-refractivity contribution >= 4 is 25.0 Å². The maximum absolute atomic E-state index is 12.4. The van der Waals surface area contributed by atoms with Gasteiger partial charge in [-0.2, -0.15) is 0 Å². The quantitative estimate of drug-likeness (QED) is 0.385. The fourth-order valence-electron chi connectivity index (χ4n) is 4.32. The van der Waals surface area contributed by atoms with Crippen molar-refractivity contribution in [3.63, 3.8) is 0 Å². The standard InChI is InChI=1S/C25H32O4Si/c1-7-21-23(28-25(5,6)27-21)22(18-26)29-30(24(2,3)4,19-14-10-8-11-15-19)20-16-12-9-13-17-20/h7-18,21-23H,1H2,2-6H3/t21-,22-,23-/m0/s1. The fourth-order valence-corrected chi connectivity index (χ4v) is 8.93. The lowest BCUT2D eigenvalue weighted by Crippen LogP contribution is -2.69. The van der Waals surface area contributed by atoms with Crippen molar-refractivity contribution in [1.29, 1.82) is 0 Å². The van der Waals surface area contributed by atoms with Crippen LogP contribution in [0.5, 0.6) is 0 Å². The Bertz CT molecular complexity index is 818. The molecule has 0 saturated carbocycles. The maximum Gasteiger partial charge on any atom is 0.262 e. The second kappa shape index (κ2) is 8.59. The van der Waals surface area contributed by atoms with E-state index >= 15 is 0 Å². The molecule has 1 aliphatic rings. The summed E-state index contributed by atoms with van der Waals surface area (Å²) in [4.78, 5) is 12.4. The van der Waals surface area contributed by atoms with Gasteiger partial charge in [-0.1, -0.05) is 87.5 Å². The molecule has 1 aliphatic heterocycles. The highest BCUT2D eigenvalue weighted by molar-refractivity contribution is 6.99. The molecule has 30 heavy (non-hydrogen) atoms. The smallest absolute Gasteiger partial charge is 0.262 e. The minimum absolute atomic E-state index is 0.240. The molecule has 3 atom stereocenters. The molecule has 1 saturated heterocycles. The minimum atomic E-state index is -2.89. The Morgan fingerprint density at radius 2 is 1.50 bits per heavy atom. The third-order valence-electron chi connectivity index (χ3n) is 5.58. The monoisotopic (exact) mass is 424 g/mol. The van der Waals surface area contributed by atoms with Gasteiger partial charge in [-0.05, 0) is 29.3 Å². The Morgan fingerprint density at radius 3 is 1.90 bits per heavy atom. The molecule has 0 radical (unpaired) electrons. The van der Waals surface area contributed by atoms with E-state index in [1.807, 2.05) is 50.2 Å². The fraction of sp³-hybridized carbons (Fsp3) is 0.400. The number of carbonyl (C=O) groups excluding carboxylic acids is 1. The SMILES string of the molecule is C=C[C@@H]1OC(C)(C)O[C@@H]1[C@H](C=O)O[Si](c1ccccc1)(c1ccccc1)C(C)(C)C. The number of hydrogen-bond donors (Lipinski definition) is 0. The van der Waals surface area contributed by atoms with E-state index in [-0.39, 0.29) is 5.04 Å². The molecule has 3 rings (SSSR count). The third-order valence-corrected chi connectivity index (χ3v) is 10.6. The Kier molecular flexibility index (Phi) is 6.48. The summed E-state index contributed by atoms with van der Waals surface area (Å²) in [5, 5.41) is 1.99. The number of carbonyl (C=O) groups is 1. The highest BCUT2D eigenvalue weighted by atomic mass is 28.4. The Labute approximate surface area is 181 Å². The summed E-state index contributed by atoms with van der Waals surface area (Å²) in [5.74, 6) is -0.806. The lowest BCUT2D eigenvalue weighted by Gasteiger charge is -2.45. The van der Waals surface area contributed by atoms with Crippen LogP contribution in [0.2, 0.25) is 5.04 Å². The van der Waals surface area contributed by atoms with Gasteiger partial charge in [0.05, 0.1) is 0 Å². The van der Waals surface area contributed by atoms with Crippen LogP contribution < -0.4 is 10.4 Å². The van der Waals surface area contributed by atoms with Crippen molar-refractivity contribution in [2.24, 2.45) is 0 Å². The number of benzene rings is 2. The van der Waals surface area contributed by atoms with Gasteiger partial charge < -0.3 is 18.7 Å². The minimum Gasteiger partial charge on any atom is -0.395 e. The van der Waals surface area contributed by atoms with E-state index in [1.54, 1.807) is 6.08 Å². The second-order valence-electron chi connectivity index (χ2n) is 9.18. The van der Waals surface area contributed by atoms with Crippen LogP contribution in [0.3, 0.4) is 0 Å². The van der Waals surface area contributed by atoms with Crippen LogP contribution in [0.1, 0.15) is 34.6 Å². The molecule has 160 valence electrons. The molecule has 0 aromatic heterocycles. The van der Waals surface area contributed by atoms with E-state index < -0.39 is 32.4 Å². The lowest BCUT2D eigenvalue weighted by molar-refractivity contribution is -0.153. The summed E-state index contributed by atoms with van der Waals surface area (Å²) in [5.41, 5.74) is 0. The first-order valence-corrected chi connectivity index (χ1v) is 12.3. The molecule has 0 amide bonds. The molecule has 5 heteroatoms. The summed E-state index contributed by atoms with van der Waals surface area (Å²) >= 11 is 0. The molecule has 2 aromatic rings. The molecular formula is C25H32O4Si. The summed E-state index contributed by atoms with van der Waals surface area (Å²) in [7, 11) is -2.89. The number of rotatable bonds is 7. The van der Waals surface area contributed by atoms with E-state index in [2.05, 4.69) is 51.6 Å². The van der Waals surface area contributed by atoms with Crippen molar-refractivity contribution < 1.29 is 18.7 Å². The van der Waals surface area contributed by atoms with Crippen LogP contribution in [0, 0.1) is 0 Å². The van der Waals surface area contributed by atoms with Crippen molar-refractivity contribution in [2.75, 3.05) is 0 Å². The first kappa shape index (κ1) is 22.6. The molecule has 0 unspecified atom stereocenters. The highest BCUT2D eigenvalue weighted by Gasteiger charge is 2.54. The van der Waals surface area contributed by atoms with Crippen LogP contribution in [0.4, 0.5) is 0 Å². The van der Waals surface area contributed by atoms with Gasteiger partial charge in [0.1, 0.15) is 24.6 Å². The molecule has 1 heterocycles. The maximum atomic E-state index is 12.4. The third kappa shape index (κ3) is 4.21. The van der Waals surface area contributed by atoms with E-state index in [1.165, 1.54) is 0 Å². The Balaban J connectivity index is 2.15. The molecule has 1 fully saturated rings. The first-order valence-electron chi connectivity index (χ1n) is 10.4. The second-order valence-corrected chi connectivity index (χ2v) is 13.4. The molecule has 2 aromatic carbocycles. The van der Waals surface area contributed by atoms with Crippen LogP contribution in [0.25, 0.3) is 0 Å². The van der Waals surface area contributed by atoms with Crippen molar-refractivity contribution in [3.8, 4) is 0 Å². The van der Waals surface area contributed by atoms with Crippen molar-refractivity contribution in [2.45, 2.75) is 63.8 Å². The lowest BCUT2D eigenvalue weighted by atomic mass is 10.1. The van der Waals surface area contributed by atoms with Gasteiger partial charge in [0, 0.05) is 0 Å². The van der Waals surface area contributed by atoms with Gasteiger partial charge in [0.25, 0.3) is 8.32 Å². The predicted molar refractivity (Wildman–Crippen MR) is 123 cm³/mol. The van der Waals surface area contributed by atoms with Gasteiger partial charge in [-0.3, -0.25) is 0 Å². The van der Waals surface area contributed by atoms with E-state index in [0.29, 0.717) is 0 Å². The van der Waals surface area contributed by atoms with Crippen LogP contribution in [-0.4, -0.2) is 38.7 Å². The average molecular weight is 425 g/mol. The number of hydrogen-bond acceptors (Lipinski definition) is 4. The Morgan fingerprint density at radius 1 is 1.00 bits per heavy atom. The van der Waals surface area contributed by atoms with E-state index in [9.17, 15) is 4.79 Å². The summed E-state index contributed by atoms with van der Waals surface area (Å²) in [6, 6.07) is 20.5. The van der Waals surface area contributed by atoms with Crippen LogP contribution in [0.15, 0.2) is 73.3 Å². The molecule has 0 spiro atoms. The van der Waals surface area contributed by atoms with Gasteiger partial charge in [0.15, 0.2) is 5.79 Å². The van der Waals surface area contributed by atoms with Gasteiger partial charge in [-0.25, -0.2) is 0 Å². The van der Waals surface area contributed by atoms with Crippen molar-refractivity contribution in [3.05, 3.63) is 73.3 Å². The van der Waals surface area contributed by atoms with Gasteiger partial charge in [0.2, 0.25) is 0 Å². The van der Waals surface area contributed by atoms with Crippen LogP contribution >= 0.6 is 0 Å².